The van der Waals surface area contributed by atoms with Gasteiger partial charge in [-0.25, -0.2) is 4.68 Å². The first-order chi connectivity index (χ1) is 11.7. The van der Waals surface area contributed by atoms with E-state index >= 15 is 0 Å². The highest BCUT2D eigenvalue weighted by Crippen LogP contribution is 2.28. The van der Waals surface area contributed by atoms with E-state index in [0.717, 1.165) is 5.69 Å². The van der Waals surface area contributed by atoms with Crippen LogP contribution in [-0.4, -0.2) is 63.6 Å². The molecule has 3 heterocycles. The van der Waals surface area contributed by atoms with E-state index in [-0.39, 0.29) is 18.4 Å². The summed E-state index contributed by atoms with van der Waals surface area (Å²) in [5.74, 6) is -0.252. The molecule has 0 bridgehead atoms. The van der Waals surface area contributed by atoms with Crippen LogP contribution >= 0.6 is 0 Å². The molecule has 0 radical (unpaired) electrons. The Kier molecular flexibility index (Phi) is 3.53. The van der Waals surface area contributed by atoms with Gasteiger partial charge in [-0.1, -0.05) is 23.4 Å². The molecule has 2 aliphatic rings. The average Bonchev–Trinajstić information content (AvgIpc) is 3.26. The number of rotatable bonds is 2. The number of para-hydroxylation sites is 1. The number of nitrogens with zero attached hydrogens (tertiary/aromatic N) is 4. The summed E-state index contributed by atoms with van der Waals surface area (Å²) in [5.41, 5.74) is 0.723. The minimum absolute atomic E-state index is 0.0472. The Morgan fingerprint density at radius 1 is 1.29 bits per heavy atom. The van der Waals surface area contributed by atoms with Crippen LogP contribution in [0.4, 0.5) is 0 Å². The van der Waals surface area contributed by atoms with Crippen molar-refractivity contribution in [3.8, 4) is 5.69 Å². The van der Waals surface area contributed by atoms with Crippen molar-refractivity contribution in [1.82, 2.24) is 25.2 Å². The monoisotopic (exact) mass is 327 g/mol. The van der Waals surface area contributed by atoms with E-state index in [9.17, 15) is 9.59 Å². The van der Waals surface area contributed by atoms with E-state index in [1.165, 1.54) is 10.9 Å². The number of carbonyl (C=O) groups excluding carboxylic acids is 2. The van der Waals surface area contributed by atoms with Gasteiger partial charge in [-0.3, -0.25) is 9.59 Å². The number of carbonyl (C=O) groups is 2. The van der Waals surface area contributed by atoms with Gasteiger partial charge in [-0.05, 0) is 18.6 Å². The van der Waals surface area contributed by atoms with Crippen LogP contribution in [-0.2, 0) is 9.53 Å². The molecule has 1 unspecified atom stereocenters. The van der Waals surface area contributed by atoms with Crippen molar-refractivity contribution in [2.75, 3.05) is 26.2 Å². The molecule has 1 aromatic carbocycles. The van der Waals surface area contributed by atoms with Gasteiger partial charge < -0.3 is 15.0 Å². The molecule has 124 valence electrons. The van der Waals surface area contributed by atoms with Gasteiger partial charge in [0.1, 0.15) is 12.2 Å². The van der Waals surface area contributed by atoms with E-state index < -0.39 is 5.60 Å². The largest absolute Gasteiger partial charge is 0.361 e. The number of ether oxygens (including phenoxy) is 1. The van der Waals surface area contributed by atoms with Crippen molar-refractivity contribution in [1.29, 1.82) is 0 Å². The maximum Gasteiger partial charge on any atom is 0.274 e. The Bertz CT molecular complexity index is 763. The number of amides is 2. The molecule has 2 fully saturated rings. The lowest BCUT2D eigenvalue weighted by Crippen LogP contribution is -2.54. The second-order valence-corrected chi connectivity index (χ2v) is 6.09. The molecular weight excluding hydrogens is 310 g/mol. The molecular formula is C16H17N5O3. The fourth-order valence-electron chi connectivity index (χ4n) is 3.16. The fraction of sp³-hybridized carbons (Fsp3) is 0.375. The molecule has 2 aliphatic heterocycles. The summed E-state index contributed by atoms with van der Waals surface area (Å²) in [6.07, 6.45) is 2.18. The first-order valence-electron chi connectivity index (χ1n) is 7.83. The molecule has 0 saturated carbocycles. The molecule has 8 heteroatoms. The summed E-state index contributed by atoms with van der Waals surface area (Å²) in [6, 6.07) is 9.41. The van der Waals surface area contributed by atoms with Gasteiger partial charge >= 0.3 is 0 Å². The van der Waals surface area contributed by atoms with Crippen LogP contribution in [0.5, 0.6) is 0 Å². The van der Waals surface area contributed by atoms with Gasteiger partial charge in [0.2, 0.25) is 5.91 Å². The van der Waals surface area contributed by atoms with E-state index in [2.05, 4.69) is 15.6 Å². The molecule has 2 amide bonds. The van der Waals surface area contributed by atoms with E-state index in [0.29, 0.717) is 31.7 Å². The third kappa shape index (κ3) is 2.54. The van der Waals surface area contributed by atoms with Crippen LogP contribution in [0, 0.1) is 0 Å². The van der Waals surface area contributed by atoms with E-state index in [4.69, 9.17) is 4.74 Å². The van der Waals surface area contributed by atoms with Gasteiger partial charge in [-0.2, -0.15) is 0 Å². The molecule has 1 atom stereocenters. The van der Waals surface area contributed by atoms with Gasteiger partial charge in [0, 0.05) is 13.1 Å². The second-order valence-electron chi connectivity index (χ2n) is 6.09. The van der Waals surface area contributed by atoms with E-state index in [1.54, 1.807) is 4.90 Å². The number of hydrogen-bond acceptors (Lipinski definition) is 5. The van der Waals surface area contributed by atoms with Gasteiger partial charge in [0.25, 0.3) is 5.91 Å². The van der Waals surface area contributed by atoms with Gasteiger partial charge in [0.05, 0.1) is 18.4 Å². The predicted octanol–water partition coefficient (Wildman–Crippen LogP) is -0.00160. The number of hydrogen-bond donors (Lipinski definition) is 1. The standard InChI is InChI=1S/C16H17N5O3/c22-14-9-24-16(10-17-14)6-7-20(11-16)15(23)13-8-18-19-21(13)12-4-2-1-3-5-12/h1-5,8H,6-7,9-11H2,(H,17,22). The molecule has 8 nitrogen and oxygen atoms in total. The predicted molar refractivity (Wildman–Crippen MR) is 83.6 cm³/mol. The average molecular weight is 327 g/mol. The maximum absolute atomic E-state index is 12.9. The van der Waals surface area contributed by atoms with Crippen LogP contribution in [0.1, 0.15) is 16.9 Å². The van der Waals surface area contributed by atoms with Crippen LogP contribution in [0.25, 0.3) is 5.69 Å². The number of aromatic nitrogens is 3. The van der Waals surface area contributed by atoms with Crippen molar-refractivity contribution in [2.24, 2.45) is 0 Å². The molecule has 2 aromatic rings. The Hall–Kier alpha value is -2.74. The number of morpholine rings is 1. The fourth-order valence-corrected chi connectivity index (χ4v) is 3.16. The van der Waals surface area contributed by atoms with Crippen molar-refractivity contribution >= 4 is 11.8 Å². The lowest BCUT2D eigenvalue weighted by Gasteiger charge is -2.33. The highest BCUT2D eigenvalue weighted by Gasteiger charge is 2.44. The molecule has 4 rings (SSSR count). The lowest BCUT2D eigenvalue weighted by molar-refractivity contribution is -0.141. The zero-order valence-corrected chi connectivity index (χ0v) is 13.0. The number of likely N-dealkylation sites (tertiary alicyclic amines) is 1. The summed E-state index contributed by atoms with van der Waals surface area (Å²) in [5, 5.41) is 10.7. The van der Waals surface area contributed by atoms with Crippen molar-refractivity contribution in [3.63, 3.8) is 0 Å². The summed E-state index contributed by atoms with van der Waals surface area (Å²) in [7, 11) is 0. The van der Waals surface area contributed by atoms with Crippen LogP contribution in [0.15, 0.2) is 36.5 Å². The van der Waals surface area contributed by atoms with Crippen LogP contribution in [0.3, 0.4) is 0 Å². The first kappa shape index (κ1) is 14.8. The normalized spacial score (nSPS) is 23.5. The highest BCUT2D eigenvalue weighted by atomic mass is 16.5. The zero-order valence-electron chi connectivity index (χ0n) is 13.0. The summed E-state index contributed by atoms with van der Waals surface area (Å²) < 4.78 is 7.25. The van der Waals surface area contributed by atoms with Crippen molar-refractivity contribution in [3.05, 3.63) is 42.2 Å². The maximum atomic E-state index is 12.9. The Morgan fingerprint density at radius 3 is 2.88 bits per heavy atom. The van der Waals surface area contributed by atoms with Crippen LogP contribution < -0.4 is 5.32 Å². The quantitative estimate of drug-likeness (QED) is 0.838. The first-order valence-corrected chi connectivity index (χ1v) is 7.83. The molecule has 1 spiro atoms. The number of benzene rings is 1. The Labute approximate surface area is 138 Å². The third-order valence-electron chi connectivity index (χ3n) is 4.49. The number of nitrogens with one attached hydrogen (secondary N) is 1. The molecule has 1 N–H and O–H groups in total. The summed E-state index contributed by atoms with van der Waals surface area (Å²) in [4.78, 5) is 25.9. The van der Waals surface area contributed by atoms with Crippen molar-refractivity contribution < 1.29 is 14.3 Å². The van der Waals surface area contributed by atoms with Crippen LogP contribution in [0.2, 0.25) is 0 Å². The third-order valence-corrected chi connectivity index (χ3v) is 4.49. The summed E-state index contributed by atoms with van der Waals surface area (Å²) in [6.45, 7) is 1.51. The molecule has 24 heavy (non-hydrogen) atoms. The van der Waals surface area contributed by atoms with Gasteiger partial charge in [0.15, 0.2) is 5.69 Å². The smallest absolute Gasteiger partial charge is 0.274 e. The highest BCUT2D eigenvalue weighted by molar-refractivity contribution is 5.93. The van der Waals surface area contributed by atoms with Gasteiger partial charge in [-0.15, -0.1) is 5.10 Å². The Morgan fingerprint density at radius 2 is 2.12 bits per heavy atom. The molecule has 2 saturated heterocycles. The molecule has 1 aromatic heterocycles. The summed E-state index contributed by atoms with van der Waals surface area (Å²) >= 11 is 0. The topological polar surface area (TPSA) is 89.3 Å². The molecule has 0 aliphatic carbocycles. The lowest BCUT2D eigenvalue weighted by atomic mass is 10.0. The van der Waals surface area contributed by atoms with Crippen molar-refractivity contribution in [2.45, 2.75) is 12.0 Å². The minimum Gasteiger partial charge on any atom is -0.361 e. The minimum atomic E-state index is -0.478. The Balaban J connectivity index is 1.54. The van der Waals surface area contributed by atoms with E-state index in [1.807, 2.05) is 30.3 Å². The second kappa shape index (κ2) is 5.72. The zero-order chi connectivity index (χ0) is 16.6. The SMILES string of the molecule is O=C1COC2(CCN(C(=O)c3cnnn3-c3ccccc3)C2)CN1.